The second kappa shape index (κ2) is 14.3. The lowest BCUT2D eigenvalue weighted by Gasteiger charge is -2.35. The average molecular weight is 722 g/mol. The van der Waals surface area contributed by atoms with Crippen molar-refractivity contribution in [2.45, 2.75) is 107 Å². The summed E-state index contributed by atoms with van der Waals surface area (Å²) in [6.45, 7) is 9.21. The molecule has 1 saturated heterocycles. The number of pyridine rings is 1. The van der Waals surface area contributed by atoms with Crippen LogP contribution in [-0.2, 0) is 29.1 Å². The van der Waals surface area contributed by atoms with Gasteiger partial charge in [-0.15, -0.1) is 6.58 Å². The number of hydrogen-bond donors (Lipinski definition) is 3. The van der Waals surface area contributed by atoms with E-state index in [2.05, 4.69) is 26.9 Å². The zero-order valence-electron chi connectivity index (χ0n) is 29.3. The molecule has 4 fully saturated rings. The summed E-state index contributed by atoms with van der Waals surface area (Å²) in [4.78, 5) is 61.0. The highest BCUT2D eigenvalue weighted by Gasteiger charge is 2.62. The zero-order valence-corrected chi connectivity index (χ0v) is 30.1. The second-order valence-electron chi connectivity index (χ2n) is 15.2. The lowest BCUT2D eigenvalue weighted by molar-refractivity contribution is -0.143. The molecule has 2 aromatic rings. The van der Waals surface area contributed by atoms with Crippen molar-refractivity contribution in [1.29, 1.82) is 0 Å². The van der Waals surface area contributed by atoms with Gasteiger partial charge < -0.3 is 25.0 Å². The largest absolute Gasteiger partial charge is 0.488 e. The number of nitrogens with one attached hydrogen (secondary N) is 3. The third-order valence-corrected chi connectivity index (χ3v) is 12.0. The van der Waals surface area contributed by atoms with Crippen LogP contribution < -0.4 is 20.1 Å². The molecule has 1 aliphatic heterocycles. The van der Waals surface area contributed by atoms with Gasteiger partial charge in [0, 0.05) is 30.2 Å². The van der Waals surface area contributed by atoms with Gasteiger partial charge >= 0.3 is 6.09 Å². The summed E-state index contributed by atoms with van der Waals surface area (Å²) in [5.74, 6) is -1.99. The Morgan fingerprint density at radius 1 is 1.04 bits per heavy atom. The molecule has 1 aromatic heterocycles. The van der Waals surface area contributed by atoms with E-state index in [-0.39, 0.29) is 25.5 Å². The Kier molecular flexibility index (Phi) is 10.2. The number of hydrogen-bond acceptors (Lipinski definition) is 9. The van der Waals surface area contributed by atoms with E-state index < -0.39 is 74.1 Å². The third-order valence-electron chi connectivity index (χ3n) is 10.2. The molecule has 4 aliphatic rings. The predicted molar refractivity (Wildman–Crippen MR) is 189 cm³/mol. The first-order valence-electron chi connectivity index (χ1n) is 17.7. The molecule has 3 saturated carbocycles. The van der Waals surface area contributed by atoms with E-state index in [4.69, 9.17) is 9.47 Å². The molecule has 3 aliphatic carbocycles. The highest BCUT2D eigenvalue weighted by Crippen LogP contribution is 2.45. The van der Waals surface area contributed by atoms with Gasteiger partial charge in [0.05, 0.1) is 17.5 Å². The molecule has 0 bridgehead atoms. The highest BCUT2D eigenvalue weighted by atomic mass is 32.2. The molecule has 6 rings (SSSR count). The maximum atomic E-state index is 14.5. The molecular weight excluding hydrogens is 675 g/mol. The predicted octanol–water partition coefficient (Wildman–Crippen LogP) is 3.85. The van der Waals surface area contributed by atoms with Crippen molar-refractivity contribution in [2.24, 2.45) is 11.3 Å². The molecular formula is C37H47N5O8S. The summed E-state index contributed by atoms with van der Waals surface area (Å²) in [5.41, 5.74) is -0.731. The van der Waals surface area contributed by atoms with Gasteiger partial charge in [0.15, 0.2) is 0 Å². The highest BCUT2D eigenvalue weighted by molar-refractivity contribution is 7.91. The number of likely N-dealkylation sites (tertiary alicyclic amines) is 1. The average Bonchev–Trinajstić information content (AvgIpc) is 3.97. The Hall–Kier alpha value is -4.46. The Labute approximate surface area is 299 Å². The van der Waals surface area contributed by atoms with Gasteiger partial charge in [0.2, 0.25) is 21.8 Å². The molecule has 0 spiro atoms. The van der Waals surface area contributed by atoms with Crippen LogP contribution in [0.4, 0.5) is 4.79 Å². The lowest BCUT2D eigenvalue weighted by atomic mass is 9.85. The quantitative estimate of drug-likeness (QED) is 0.275. The minimum atomic E-state index is -3.88. The van der Waals surface area contributed by atoms with Crippen molar-refractivity contribution in [3.63, 3.8) is 0 Å². The number of ether oxygens (including phenoxy) is 2. The van der Waals surface area contributed by atoms with E-state index in [9.17, 15) is 27.6 Å². The van der Waals surface area contributed by atoms with Crippen LogP contribution in [0, 0.1) is 11.3 Å². The van der Waals surface area contributed by atoms with Crippen LogP contribution in [0.3, 0.4) is 0 Å². The number of rotatable bonds is 12. The standard InChI is InChI=1S/C37H47N5O8S/c1-5-24-21-37(24,34(45)41-51(47,48)28-15-16-28)40-32(43)30-20-27(49-26-17-18-38-29(19-26)23-11-7-6-8-12-23)22-42(30)33(44)31(36(2,3)4)39-35(46)50-25-13-9-10-14-25/h5-8,11-12,17-19,24-25,27-28,30-31H,1,9-10,13-16,20-22H2,2-4H3,(H,39,46)(H,40,43)(H,41,45)/t24-,27-,30+,31-,37-/m1/s1. The fourth-order valence-corrected chi connectivity index (χ4v) is 8.33. The summed E-state index contributed by atoms with van der Waals surface area (Å²) in [6, 6.07) is 10.9. The minimum Gasteiger partial charge on any atom is -0.488 e. The van der Waals surface area contributed by atoms with E-state index in [0.717, 1.165) is 31.2 Å². The van der Waals surface area contributed by atoms with E-state index in [1.54, 1.807) is 18.3 Å². The molecule has 0 unspecified atom stereocenters. The van der Waals surface area contributed by atoms with Crippen LogP contribution >= 0.6 is 0 Å². The van der Waals surface area contributed by atoms with Crippen molar-refractivity contribution in [3.05, 3.63) is 61.3 Å². The molecule has 2 heterocycles. The van der Waals surface area contributed by atoms with Gasteiger partial charge in [-0.2, -0.15) is 0 Å². The number of aromatic nitrogens is 1. The molecule has 51 heavy (non-hydrogen) atoms. The Morgan fingerprint density at radius 3 is 2.37 bits per heavy atom. The van der Waals surface area contributed by atoms with Gasteiger partial charge in [-0.3, -0.25) is 24.1 Å². The lowest BCUT2D eigenvalue weighted by Crippen LogP contribution is -2.60. The molecule has 14 heteroatoms. The summed E-state index contributed by atoms with van der Waals surface area (Å²) in [5, 5.41) is 4.94. The molecule has 13 nitrogen and oxygen atoms in total. The van der Waals surface area contributed by atoms with Crippen LogP contribution in [-0.4, -0.2) is 83.7 Å². The molecule has 0 radical (unpaired) electrons. The fraction of sp³-hybridized carbons (Fsp3) is 0.541. The van der Waals surface area contributed by atoms with Crippen LogP contribution in [0.5, 0.6) is 5.75 Å². The maximum absolute atomic E-state index is 14.5. The molecule has 5 atom stereocenters. The molecule has 3 N–H and O–H groups in total. The number of benzene rings is 1. The van der Waals surface area contributed by atoms with Crippen molar-refractivity contribution in [2.75, 3.05) is 6.54 Å². The SMILES string of the molecule is C=C[C@@H]1C[C@]1(NC(=O)[C@@H]1C[C@@H](Oc2ccnc(-c3ccccc3)c2)CN1C(=O)[C@@H](NC(=O)OC1CCCC1)C(C)(C)C)C(=O)NS(=O)(=O)C1CC1. The normalized spacial score (nSPS) is 25.4. The van der Waals surface area contributed by atoms with Crippen molar-refractivity contribution in [3.8, 4) is 17.0 Å². The summed E-state index contributed by atoms with van der Waals surface area (Å²) < 4.78 is 39.5. The Morgan fingerprint density at radius 2 is 1.75 bits per heavy atom. The smallest absolute Gasteiger partial charge is 0.408 e. The minimum absolute atomic E-state index is 0.00594. The van der Waals surface area contributed by atoms with Crippen molar-refractivity contribution >= 4 is 33.8 Å². The first kappa shape index (κ1) is 36.3. The monoisotopic (exact) mass is 721 g/mol. The van der Waals surface area contributed by atoms with Gasteiger partial charge in [0.25, 0.3) is 5.91 Å². The topological polar surface area (TPSA) is 173 Å². The van der Waals surface area contributed by atoms with Crippen LogP contribution in [0.2, 0.25) is 0 Å². The number of amides is 4. The van der Waals surface area contributed by atoms with Gasteiger partial charge in [-0.05, 0) is 56.4 Å². The van der Waals surface area contributed by atoms with Crippen LogP contribution in [0.15, 0.2) is 61.3 Å². The van der Waals surface area contributed by atoms with Gasteiger partial charge in [-0.1, -0.05) is 57.2 Å². The number of carbonyl (C=O) groups excluding carboxylic acids is 4. The molecule has 274 valence electrons. The van der Waals surface area contributed by atoms with Gasteiger partial charge in [-0.25, -0.2) is 13.2 Å². The van der Waals surface area contributed by atoms with Crippen molar-refractivity contribution in [1.82, 2.24) is 25.2 Å². The fourth-order valence-electron chi connectivity index (χ4n) is 6.96. The summed E-state index contributed by atoms with van der Waals surface area (Å²) >= 11 is 0. The first-order chi connectivity index (χ1) is 24.2. The number of alkyl carbamates (subject to hydrolysis) is 1. The third kappa shape index (κ3) is 8.21. The van der Waals surface area contributed by atoms with E-state index in [0.29, 0.717) is 24.3 Å². The summed E-state index contributed by atoms with van der Waals surface area (Å²) in [6.07, 6.45) is 6.20. The molecule has 1 aromatic carbocycles. The maximum Gasteiger partial charge on any atom is 0.408 e. The van der Waals surface area contributed by atoms with Crippen molar-refractivity contribution < 1.29 is 37.1 Å². The zero-order chi connectivity index (χ0) is 36.6. The van der Waals surface area contributed by atoms with E-state index in [1.165, 1.54) is 11.0 Å². The van der Waals surface area contributed by atoms with Crippen LogP contribution in [0.25, 0.3) is 11.3 Å². The van der Waals surface area contributed by atoms with Gasteiger partial charge in [0.1, 0.15) is 35.6 Å². The van der Waals surface area contributed by atoms with Crippen LogP contribution in [0.1, 0.15) is 72.1 Å². The Bertz CT molecular complexity index is 1770. The number of carbonyl (C=O) groups is 4. The summed E-state index contributed by atoms with van der Waals surface area (Å²) in [7, 11) is -3.88. The first-order valence-corrected chi connectivity index (χ1v) is 19.2. The second-order valence-corrected chi connectivity index (χ2v) is 17.1. The van der Waals surface area contributed by atoms with E-state index >= 15 is 0 Å². The van der Waals surface area contributed by atoms with E-state index in [1.807, 2.05) is 51.1 Å². The molecule has 4 amide bonds. The number of nitrogens with zero attached hydrogens (tertiary/aromatic N) is 2. The number of sulfonamides is 1. The Balaban J connectivity index is 1.25.